The average Bonchev–Trinajstić information content (AvgIpc) is 2.48. The largest absolute Gasteiger partial charge is 0.329 e. The Hall–Kier alpha value is -1.46. The zero-order valence-electron chi connectivity index (χ0n) is 11.5. The van der Waals surface area contributed by atoms with Gasteiger partial charge in [0.25, 0.3) is 0 Å². The van der Waals surface area contributed by atoms with Crippen molar-refractivity contribution in [2.75, 3.05) is 38.1 Å². The lowest BCUT2D eigenvalue weighted by atomic mass is 9.95. The number of nitrogens with two attached hydrogens (primary N) is 1. The third kappa shape index (κ3) is 3.52. The van der Waals surface area contributed by atoms with Crippen LogP contribution in [0.4, 0.5) is 5.82 Å². The van der Waals surface area contributed by atoms with Crippen molar-refractivity contribution in [2.24, 2.45) is 11.7 Å². The summed E-state index contributed by atoms with van der Waals surface area (Å²) in [5.74, 6) is 1.00. The Balaban J connectivity index is 1.91. The Labute approximate surface area is 114 Å². The minimum absolute atomic E-state index is 0.112. The van der Waals surface area contributed by atoms with Gasteiger partial charge >= 0.3 is 0 Å². The van der Waals surface area contributed by atoms with Gasteiger partial charge in [0.15, 0.2) is 0 Å². The summed E-state index contributed by atoms with van der Waals surface area (Å²) >= 11 is 0. The van der Waals surface area contributed by atoms with Crippen molar-refractivity contribution in [2.45, 2.75) is 12.8 Å². The molecular formula is C14H22N4O. The number of hydrogen-bond acceptors (Lipinski definition) is 4. The van der Waals surface area contributed by atoms with E-state index in [4.69, 9.17) is 5.73 Å². The smallest absolute Gasteiger partial charge is 0.231 e. The van der Waals surface area contributed by atoms with E-state index in [2.05, 4.69) is 9.88 Å². The third-order valence-corrected chi connectivity index (χ3v) is 3.71. The number of carbonyl (C=O) groups excluding carboxylic acids is 1. The molecule has 0 spiro atoms. The van der Waals surface area contributed by atoms with Gasteiger partial charge in [-0.1, -0.05) is 6.07 Å². The second-order valence-electron chi connectivity index (χ2n) is 4.99. The van der Waals surface area contributed by atoms with Gasteiger partial charge in [0.05, 0.1) is 0 Å². The van der Waals surface area contributed by atoms with E-state index in [1.165, 1.54) is 0 Å². The quantitative estimate of drug-likeness (QED) is 0.868. The minimum Gasteiger partial charge on any atom is -0.329 e. The summed E-state index contributed by atoms with van der Waals surface area (Å²) in [5.41, 5.74) is 5.55. The summed E-state index contributed by atoms with van der Waals surface area (Å²) < 4.78 is 0. The van der Waals surface area contributed by atoms with Gasteiger partial charge in [-0.15, -0.1) is 0 Å². The number of nitrogens with zero attached hydrogens (tertiary/aromatic N) is 3. The predicted octanol–water partition coefficient (Wildman–Crippen LogP) is 0.715. The molecule has 1 saturated heterocycles. The van der Waals surface area contributed by atoms with E-state index in [-0.39, 0.29) is 11.8 Å². The number of pyridine rings is 1. The first-order valence-electron chi connectivity index (χ1n) is 6.83. The highest BCUT2D eigenvalue weighted by molar-refractivity contribution is 5.93. The molecule has 0 radical (unpaired) electrons. The van der Waals surface area contributed by atoms with Crippen molar-refractivity contribution in [3.8, 4) is 0 Å². The molecule has 2 heterocycles. The summed E-state index contributed by atoms with van der Waals surface area (Å²) in [6.45, 7) is 3.54. The monoisotopic (exact) mass is 262 g/mol. The fourth-order valence-electron chi connectivity index (χ4n) is 2.53. The molecule has 0 aliphatic carbocycles. The molecule has 0 bridgehead atoms. The van der Waals surface area contributed by atoms with E-state index in [0.717, 1.165) is 38.3 Å². The van der Waals surface area contributed by atoms with Crippen molar-refractivity contribution in [1.29, 1.82) is 0 Å². The van der Waals surface area contributed by atoms with Crippen molar-refractivity contribution < 1.29 is 4.79 Å². The topological polar surface area (TPSA) is 62.5 Å². The third-order valence-electron chi connectivity index (χ3n) is 3.71. The molecule has 2 rings (SSSR count). The van der Waals surface area contributed by atoms with Crippen LogP contribution in [-0.4, -0.2) is 49.0 Å². The number of likely N-dealkylation sites (tertiary alicyclic amines) is 1. The van der Waals surface area contributed by atoms with Crippen LogP contribution < -0.4 is 10.6 Å². The highest BCUT2D eigenvalue weighted by atomic mass is 16.2. The minimum atomic E-state index is 0.112. The average molecular weight is 262 g/mol. The number of carbonyl (C=O) groups is 1. The van der Waals surface area contributed by atoms with E-state index in [0.29, 0.717) is 6.54 Å². The summed E-state index contributed by atoms with van der Waals surface area (Å²) in [4.78, 5) is 20.6. The zero-order chi connectivity index (χ0) is 13.7. The number of piperidine rings is 1. The van der Waals surface area contributed by atoms with Gasteiger partial charge in [-0.05, 0) is 38.1 Å². The Morgan fingerprint density at radius 1 is 1.47 bits per heavy atom. The van der Waals surface area contributed by atoms with Crippen LogP contribution >= 0.6 is 0 Å². The van der Waals surface area contributed by atoms with Crippen LogP contribution in [-0.2, 0) is 4.79 Å². The van der Waals surface area contributed by atoms with Crippen LogP contribution in [0.2, 0.25) is 0 Å². The van der Waals surface area contributed by atoms with Gasteiger partial charge in [0.2, 0.25) is 5.91 Å². The molecule has 1 amide bonds. The predicted molar refractivity (Wildman–Crippen MR) is 75.9 cm³/mol. The van der Waals surface area contributed by atoms with E-state index in [9.17, 15) is 4.79 Å². The maximum Gasteiger partial charge on any atom is 0.231 e. The number of anilines is 1. The van der Waals surface area contributed by atoms with E-state index in [1.807, 2.05) is 18.2 Å². The van der Waals surface area contributed by atoms with Crippen LogP contribution in [0.3, 0.4) is 0 Å². The molecule has 0 atom stereocenters. The SMILES string of the molecule is CN(C(=O)C1CCN(CCN)CC1)c1ccccn1. The highest BCUT2D eigenvalue weighted by Crippen LogP contribution is 2.21. The van der Waals surface area contributed by atoms with Crippen LogP contribution in [0.15, 0.2) is 24.4 Å². The molecule has 1 fully saturated rings. The van der Waals surface area contributed by atoms with Gasteiger partial charge < -0.3 is 10.6 Å². The van der Waals surface area contributed by atoms with Crippen LogP contribution in [0.5, 0.6) is 0 Å². The van der Waals surface area contributed by atoms with E-state index < -0.39 is 0 Å². The second kappa shape index (κ2) is 6.63. The molecule has 1 aromatic rings. The molecule has 5 heteroatoms. The summed E-state index contributed by atoms with van der Waals surface area (Å²) in [5, 5.41) is 0. The molecule has 104 valence electrons. The van der Waals surface area contributed by atoms with Crippen molar-refractivity contribution in [1.82, 2.24) is 9.88 Å². The molecule has 2 N–H and O–H groups in total. The molecule has 19 heavy (non-hydrogen) atoms. The first kappa shape index (κ1) is 14.0. The van der Waals surface area contributed by atoms with Crippen molar-refractivity contribution >= 4 is 11.7 Å². The van der Waals surface area contributed by atoms with Gasteiger partial charge in [-0.3, -0.25) is 9.69 Å². The first-order valence-corrected chi connectivity index (χ1v) is 6.83. The first-order chi connectivity index (χ1) is 9.22. The summed E-state index contributed by atoms with van der Waals surface area (Å²) in [6, 6.07) is 5.62. The lowest BCUT2D eigenvalue weighted by Gasteiger charge is -2.32. The number of aromatic nitrogens is 1. The van der Waals surface area contributed by atoms with E-state index >= 15 is 0 Å². The maximum atomic E-state index is 12.4. The maximum absolute atomic E-state index is 12.4. The molecule has 1 aliphatic rings. The van der Waals surface area contributed by atoms with Crippen LogP contribution in [0.1, 0.15) is 12.8 Å². The zero-order valence-corrected chi connectivity index (χ0v) is 11.5. The van der Waals surface area contributed by atoms with Gasteiger partial charge in [0, 0.05) is 32.3 Å². The van der Waals surface area contributed by atoms with Crippen molar-refractivity contribution in [3.05, 3.63) is 24.4 Å². The molecular weight excluding hydrogens is 240 g/mol. The number of amides is 1. The molecule has 1 aromatic heterocycles. The van der Waals surface area contributed by atoms with Gasteiger partial charge in [-0.25, -0.2) is 4.98 Å². The molecule has 0 saturated carbocycles. The number of rotatable bonds is 4. The lowest BCUT2D eigenvalue weighted by Crippen LogP contribution is -2.42. The lowest BCUT2D eigenvalue weighted by molar-refractivity contribution is -0.123. The molecule has 1 aliphatic heterocycles. The molecule has 0 aromatic carbocycles. The Morgan fingerprint density at radius 3 is 2.79 bits per heavy atom. The number of hydrogen-bond donors (Lipinski definition) is 1. The second-order valence-corrected chi connectivity index (χ2v) is 4.99. The summed E-state index contributed by atoms with van der Waals surface area (Å²) in [7, 11) is 1.80. The van der Waals surface area contributed by atoms with Crippen molar-refractivity contribution in [3.63, 3.8) is 0 Å². The molecule has 5 nitrogen and oxygen atoms in total. The fraction of sp³-hybridized carbons (Fsp3) is 0.571. The van der Waals surface area contributed by atoms with Gasteiger partial charge in [0.1, 0.15) is 5.82 Å². The van der Waals surface area contributed by atoms with Crippen LogP contribution in [0, 0.1) is 5.92 Å². The highest BCUT2D eigenvalue weighted by Gasteiger charge is 2.27. The normalized spacial score (nSPS) is 17.4. The van der Waals surface area contributed by atoms with Crippen LogP contribution in [0.25, 0.3) is 0 Å². The van der Waals surface area contributed by atoms with E-state index in [1.54, 1.807) is 18.1 Å². The summed E-state index contributed by atoms with van der Waals surface area (Å²) in [6.07, 6.45) is 3.54. The molecule has 0 unspecified atom stereocenters. The Morgan fingerprint density at radius 2 is 2.21 bits per heavy atom. The Kier molecular flexibility index (Phi) is 4.87. The standard InChI is InChI=1S/C14H22N4O/c1-17(13-4-2-3-8-16-13)14(19)12-5-9-18(10-6-12)11-7-15/h2-4,8,12H,5-7,9-11,15H2,1H3. The fourth-order valence-corrected chi connectivity index (χ4v) is 2.53. The van der Waals surface area contributed by atoms with Gasteiger partial charge in [-0.2, -0.15) is 0 Å². The Bertz CT molecular complexity index is 401.